The molecule has 0 aliphatic carbocycles. The molecule has 2 fully saturated rings. The summed E-state index contributed by atoms with van der Waals surface area (Å²) >= 11 is 1.53. The Hall–Kier alpha value is -2.08. The predicted molar refractivity (Wildman–Crippen MR) is 79.6 cm³/mol. The summed E-state index contributed by atoms with van der Waals surface area (Å²) in [6.45, 7) is 5.04. The molecule has 1 aromatic heterocycles. The zero-order valence-electron chi connectivity index (χ0n) is 11.8. The third-order valence-corrected chi connectivity index (χ3v) is 4.73. The normalized spacial score (nSPS) is 26.2. The summed E-state index contributed by atoms with van der Waals surface area (Å²) in [5.74, 6) is 0.527. The van der Waals surface area contributed by atoms with E-state index in [1.54, 1.807) is 5.51 Å². The van der Waals surface area contributed by atoms with Crippen LogP contribution in [0, 0.1) is 0 Å². The van der Waals surface area contributed by atoms with Crippen LogP contribution >= 0.6 is 11.3 Å². The number of carbonyl (C=O) groups excluding carboxylic acids is 1. The number of rotatable bonds is 1. The van der Waals surface area contributed by atoms with Crippen molar-refractivity contribution in [2.45, 2.75) is 12.0 Å². The van der Waals surface area contributed by atoms with Crippen molar-refractivity contribution >= 4 is 33.1 Å². The Balaban J connectivity index is 1.70. The molecule has 0 radical (unpaired) electrons. The summed E-state index contributed by atoms with van der Waals surface area (Å²) in [5, 5.41) is 5.89. The highest BCUT2D eigenvalue weighted by Gasteiger charge is 2.48. The molecule has 1 unspecified atom stereocenters. The number of nitrogens with one attached hydrogen (secondary N) is 2. The fourth-order valence-electron chi connectivity index (χ4n) is 2.91. The smallest absolute Gasteiger partial charge is 0.253 e. The van der Waals surface area contributed by atoms with Gasteiger partial charge in [0, 0.05) is 12.2 Å². The number of hydrogen-bond donors (Lipinski definition) is 2. The van der Waals surface area contributed by atoms with Gasteiger partial charge >= 0.3 is 0 Å². The molecule has 3 heterocycles. The van der Waals surface area contributed by atoms with Crippen LogP contribution in [0.5, 0.6) is 0 Å². The third kappa shape index (κ3) is 1.61. The first-order valence-corrected chi connectivity index (χ1v) is 7.33. The van der Waals surface area contributed by atoms with Gasteiger partial charge in [-0.2, -0.15) is 0 Å². The zero-order valence-corrected chi connectivity index (χ0v) is 11.6. The lowest BCUT2D eigenvalue weighted by atomic mass is 9.99. The number of hydrogen-bond acceptors (Lipinski definition) is 5. The summed E-state index contributed by atoms with van der Waals surface area (Å²) in [4.78, 5) is 18.5. The molecule has 5 nitrogen and oxygen atoms in total. The van der Waals surface area contributed by atoms with Crippen molar-refractivity contribution in [2.24, 2.45) is 0 Å². The van der Waals surface area contributed by atoms with Crippen LogP contribution in [0.15, 0.2) is 36.1 Å². The van der Waals surface area contributed by atoms with Gasteiger partial charge in [0.2, 0.25) is 0 Å². The molecule has 4 rings (SSSR count). The van der Waals surface area contributed by atoms with Crippen molar-refractivity contribution in [3.05, 3.63) is 36.1 Å². The second kappa shape index (κ2) is 3.96. The highest BCUT2D eigenvalue weighted by molar-refractivity contribution is 7.16. The third-order valence-electron chi connectivity index (χ3n) is 3.93. The van der Waals surface area contributed by atoms with Crippen LogP contribution in [-0.4, -0.2) is 29.5 Å². The van der Waals surface area contributed by atoms with Gasteiger partial charge in [0.15, 0.2) is 0 Å². The topological polar surface area (TPSA) is 57.3 Å². The maximum atomic E-state index is 12.1. The molecule has 2 aromatic rings. The minimum atomic E-state index is -0.611. The van der Waals surface area contributed by atoms with Crippen LogP contribution in [0.4, 0.5) is 5.69 Å². The van der Waals surface area contributed by atoms with Crippen LogP contribution in [0.1, 0.15) is 7.79 Å². The van der Waals surface area contributed by atoms with Gasteiger partial charge in [-0.15, -0.1) is 11.3 Å². The summed E-state index contributed by atoms with van der Waals surface area (Å²) in [7, 11) is 0. The number of aromatic nitrogens is 1. The number of nitrogens with zero attached hydrogens (tertiary/aromatic N) is 2. The predicted octanol–water partition coefficient (Wildman–Crippen LogP) is 1.44. The Kier molecular flexibility index (Phi) is 2.11. The average Bonchev–Trinajstić information content (AvgIpc) is 3.12. The standard InChI is InChI=1S/C14H14N4OS/c1-9-16-13(19)14(17-9)4-5-18(7-14)10-2-3-12-11(6-10)15-8-20-12/h2-3,6,8,17H,1,4-5,7H2,(H,16,19)/i6T. The lowest BCUT2D eigenvalue weighted by Crippen LogP contribution is -2.48. The van der Waals surface area contributed by atoms with Gasteiger partial charge < -0.3 is 15.5 Å². The van der Waals surface area contributed by atoms with E-state index < -0.39 is 5.54 Å². The molecule has 2 N–H and O–H groups in total. The minimum absolute atomic E-state index is 0.0312. The van der Waals surface area contributed by atoms with E-state index in [0.717, 1.165) is 22.4 Å². The Labute approximate surface area is 121 Å². The number of fused-ring (bicyclic) bond motifs is 1. The van der Waals surface area contributed by atoms with E-state index in [0.29, 0.717) is 24.8 Å². The second-order valence-electron chi connectivity index (χ2n) is 5.22. The van der Waals surface area contributed by atoms with E-state index in [-0.39, 0.29) is 5.91 Å². The van der Waals surface area contributed by atoms with Crippen molar-refractivity contribution < 1.29 is 6.17 Å². The van der Waals surface area contributed by atoms with E-state index in [1.807, 2.05) is 12.1 Å². The molecular weight excluding hydrogens is 272 g/mol. The lowest BCUT2D eigenvalue weighted by molar-refractivity contribution is -0.123. The van der Waals surface area contributed by atoms with E-state index in [2.05, 4.69) is 27.1 Å². The Morgan fingerprint density at radius 3 is 3.25 bits per heavy atom. The first-order valence-electron chi connectivity index (χ1n) is 6.95. The molecule has 1 aromatic carbocycles. The molecule has 1 atom stereocenters. The highest BCUT2D eigenvalue weighted by atomic mass is 32.1. The monoisotopic (exact) mass is 288 g/mol. The molecule has 0 saturated carbocycles. The molecule has 2 aliphatic rings. The molecule has 20 heavy (non-hydrogen) atoms. The summed E-state index contributed by atoms with van der Waals surface area (Å²) < 4.78 is 9.35. The quantitative estimate of drug-likeness (QED) is 0.833. The van der Waals surface area contributed by atoms with E-state index in [9.17, 15) is 4.79 Å². The van der Waals surface area contributed by atoms with Gasteiger partial charge in [0.1, 0.15) is 5.54 Å². The van der Waals surface area contributed by atoms with Crippen LogP contribution in [0.3, 0.4) is 0 Å². The van der Waals surface area contributed by atoms with E-state index in [4.69, 9.17) is 1.37 Å². The van der Waals surface area contributed by atoms with Crippen molar-refractivity contribution in [1.29, 1.82) is 0 Å². The summed E-state index contributed by atoms with van der Waals surface area (Å²) in [6.07, 6.45) is 0.701. The SMILES string of the molecule is [3H]c1c(N2CCC3(C2)NC(=C)NC3=O)ccc2scnc12. The maximum Gasteiger partial charge on any atom is 0.253 e. The Morgan fingerprint density at radius 2 is 2.45 bits per heavy atom. The van der Waals surface area contributed by atoms with Crippen molar-refractivity contribution in [3.63, 3.8) is 0 Å². The fraction of sp³-hybridized carbons (Fsp3) is 0.286. The van der Waals surface area contributed by atoms with Crippen molar-refractivity contribution in [1.82, 2.24) is 15.6 Å². The Morgan fingerprint density at radius 1 is 1.55 bits per heavy atom. The second-order valence-corrected chi connectivity index (χ2v) is 6.11. The molecule has 0 bridgehead atoms. The number of thiazole rings is 1. The van der Waals surface area contributed by atoms with Crippen molar-refractivity contribution in [2.75, 3.05) is 18.0 Å². The zero-order chi connectivity index (χ0) is 14.6. The molecule has 1 amide bonds. The molecule has 102 valence electrons. The van der Waals surface area contributed by atoms with Crippen molar-refractivity contribution in [3.8, 4) is 0 Å². The lowest BCUT2D eigenvalue weighted by Gasteiger charge is -2.23. The van der Waals surface area contributed by atoms with Gasteiger partial charge in [0.25, 0.3) is 5.91 Å². The van der Waals surface area contributed by atoms with Crippen LogP contribution < -0.4 is 15.5 Å². The molecular formula is C14H14N4OS. The van der Waals surface area contributed by atoms with Gasteiger partial charge in [-0.3, -0.25) is 4.79 Å². The van der Waals surface area contributed by atoms with E-state index in [1.165, 1.54) is 11.3 Å². The molecule has 6 heteroatoms. The maximum absolute atomic E-state index is 12.1. The molecule has 1 spiro atoms. The van der Waals surface area contributed by atoms with Crippen LogP contribution in [0.2, 0.25) is 0 Å². The number of anilines is 1. The van der Waals surface area contributed by atoms with Crippen LogP contribution in [0.25, 0.3) is 10.2 Å². The first-order chi connectivity index (χ1) is 10.1. The summed E-state index contributed by atoms with van der Waals surface area (Å²) in [5.41, 5.74) is 2.71. The van der Waals surface area contributed by atoms with Gasteiger partial charge in [-0.1, -0.05) is 6.58 Å². The van der Waals surface area contributed by atoms with Gasteiger partial charge in [-0.25, -0.2) is 4.98 Å². The molecule has 2 aliphatic heterocycles. The Bertz CT molecular complexity index is 773. The number of amides is 1. The molecule has 2 saturated heterocycles. The number of benzene rings is 1. The summed E-state index contributed by atoms with van der Waals surface area (Å²) in [6, 6.07) is 4.37. The average molecular weight is 288 g/mol. The minimum Gasteiger partial charge on any atom is -0.368 e. The van der Waals surface area contributed by atoms with E-state index >= 15 is 0 Å². The fourth-order valence-corrected chi connectivity index (χ4v) is 3.54. The van der Waals surface area contributed by atoms with Gasteiger partial charge in [-0.05, 0) is 24.6 Å². The van der Waals surface area contributed by atoms with Crippen LogP contribution in [-0.2, 0) is 4.79 Å². The number of carbonyl (C=O) groups is 1. The largest absolute Gasteiger partial charge is 0.368 e. The van der Waals surface area contributed by atoms with Gasteiger partial charge in [0.05, 0.1) is 29.5 Å². The highest BCUT2D eigenvalue weighted by Crippen LogP contribution is 2.32. The first kappa shape index (κ1) is 10.7.